The standard InChI is InChI=1S/C25H25ClF3N3O2/c1-15(22(33)30-24(2,3)17-5-4-6-18(13-17)25(27,28)29)31-14-21(16-7-9-19(26)10-8-16)32(23(31)34)20-11-12-20/h4-10,13-15,20H,11-12H2,1-3H3,(H,30,33). The van der Waals surface area contributed by atoms with E-state index in [-0.39, 0.29) is 11.7 Å². The lowest BCUT2D eigenvalue weighted by Crippen LogP contribution is -2.45. The minimum absolute atomic E-state index is 0.0799. The third kappa shape index (κ3) is 4.78. The normalized spacial score (nSPS) is 15.3. The Balaban J connectivity index is 1.62. The molecule has 4 rings (SSSR count). The lowest BCUT2D eigenvalue weighted by Gasteiger charge is -2.29. The average Bonchev–Trinajstić information content (AvgIpc) is 3.55. The van der Waals surface area contributed by atoms with Crippen LogP contribution in [-0.4, -0.2) is 15.0 Å². The number of hydrogen-bond donors (Lipinski definition) is 1. The monoisotopic (exact) mass is 491 g/mol. The maximum Gasteiger partial charge on any atom is 0.416 e. The van der Waals surface area contributed by atoms with Crippen molar-refractivity contribution in [3.8, 4) is 11.3 Å². The van der Waals surface area contributed by atoms with E-state index in [1.165, 1.54) is 16.7 Å². The highest BCUT2D eigenvalue weighted by Gasteiger charge is 2.34. The number of nitrogens with zero attached hydrogens (tertiary/aromatic N) is 2. The largest absolute Gasteiger partial charge is 0.416 e. The van der Waals surface area contributed by atoms with E-state index >= 15 is 0 Å². The summed E-state index contributed by atoms with van der Waals surface area (Å²) in [5.74, 6) is -0.472. The Morgan fingerprint density at radius 1 is 1.09 bits per heavy atom. The van der Waals surface area contributed by atoms with Crippen LogP contribution in [0.15, 0.2) is 59.5 Å². The first-order chi connectivity index (χ1) is 15.9. The molecule has 5 nitrogen and oxygen atoms in total. The van der Waals surface area contributed by atoms with Crippen molar-refractivity contribution in [1.82, 2.24) is 14.5 Å². The van der Waals surface area contributed by atoms with Crippen LogP contribution in [0.1, 0.15) is 56.8 Å². The number of carbonyl (C=O) groups excluding carboxylic acids is 1. The van der Waals surface area contributed by atoms with Crippen LogP contribution in [0.5, 0.6) is 0 Å². The molecular formula is C25H25ClF3N3O2. The zero-order valence-corrected chi connectivity index (χ0v) is 19.7. The van der Waals surface area contributed by atoms with Gasteiger partial charge in [-0.3, -0.25) is 13.9 Å². The highest BCUT2D eigenvalue weighted by molar-refractivity contribution is 6.30. The van der Waals surface area contributed by atoms with Gasteiger partial charge < -0.3 is 5.32 Å². The Kier molecular flexibility index (Phi) is 6.14. The Hall–Kier alpha value is -3.00. The molecule has 0 saturated heterocycles. The van der Waals surface area contributed by atoms with Gasteiger partial charge in [-0.1, -0.05) is 35.9 Å². The molecule has 2 aromatic carbocycles. The fourth-order valence-corrected chi connectivity index (χ4v) is 4.10. The molecule has 1 amide bonds. The van der Waals surface area contributed by atoms with Crippen LogP contribution < -0.4 is 11.0 Å². The fraction of sp³-hybridized carbons (Fsp3) is 0.360. The molecule has 3 aromatic rings. The van der Waals surface area contributed by atoms with Crippen LogP contribution in [0.2, 0.25) is 5.02 Å². The predicted octanol–water partition coefficient (Wildman–Crippen LogP) is 5.94. The molecule has 1 heterocycles. The van der Waals surface area contributed by atoms with Crippen molar-refractivity contribution in [3.05, 3.63) is 81.4 Å². The third-order valence-electron chi connectivity index (χ3n) is 6.14. The van der Waals surface area contributed by atoms with E-state index in [4.69, 9.17) is 11.6 Å². The first kappa shape index (κ1) is 24.1. The van der Waals surface area contributed by atoms with Crippen molar-refractivity contribution >= 4 is 17.5 Å². The second-order valence-corrected chi connectivity index (χ2v) is 9.62. The first-order valence-electron chi connectivity index (χ1n) is 11.0. The second kappa shape index (κ2) is 8.65. The summed E-state index contributed by atoms with van der Waals surface area (Å²) in [5.41, 5.74) is -0.357. The number of alkyl halides is 3. The van der Waals surface area contributed by atoms with Gasteiger partial charge in [0.25, 0.3) is 0 Å². The Labute approximate surface area is 200 Å². The number of rotatable bonds is 6. The molecule has 1 fully saturated rings. The van der Waals surface area contributed by atoms with Crippen LogP contribution in [0.3, 0.4) is 0 Å². The highest BCUT2D eigenvalue weighted by Crippen LogP contribution is 2.38. The molecule has 1 aliphatic carbocycles. The Morgan fingerprint density at radius 3 is 2.29 bits per heavy atom. The summed E-state index contributed by atoms with van der Waals surface area (Å²) in [6.45, 7) is 4.86. The zero-order chi connectivity index (χ0) is 24.8. The molecule has 1 unspecified atom stereocenters. The summed E-state index contributed by atoms with van der Waals surface area (Å²) in [6.07, 6.45) is -1.06. The van der Waals surface area contributed by atoms with Crippen LogP contribution in [0.25, 0.3) is 11.3 Å². The number of hydrogen-bond acceptors (Lipinski definition) is 2. The molecule has 1 N–H and O–H groups in total. The molecule has 0 radical (unpaired) electrons. The van der Waals surface area contributed by atoms with Gasteiger partial charge in [0.15, 0.2) is 0 Å². The van der Waals surface area contributed by atoms with E-state index < -0.39 is 29.2 Å². The maximum atomic E-state index is 13.2. The zero-order valence-electron chi connectivity index (χ0n) is 19.0. The molecule has 0 spiro atoms. The van der Waals surface area contributed by atoms with Gasteiger partial charge in [0.2, 0.25) is 5.91 Å². The summed E-state index contributed by atoms with van der Waals surface area (Å²) in [4.78, 5) is 26.4. The summed E-state index contributed by atoms with van der Waals surface area (Å²) >= 11 is 6.00. The number of halogens is 4. The summed E-state index contributed by atoms with van der Waals surface area (Å²) in [6, 6.07) is 11.2. The van der Waals surface area contributed by atoms with Crippen molar-refractivity contribution in [2.45, 2.75) is 57.4 Å². The van der Waals surface area contributed by atoms with E-state index in [2.05, 4.69) is 5.32 Å². The number of imidazole rings is 1. The van der Waals surface area contributed by atoms with E-state index in [1.54, 1.807) is 43.7 Å². The fourth-order valence-electron chi connectivity index (χ4n) is 3.97. The molecule has 1 aromatic heterocycles. The molecule has 0 aliphatic heterocycles. The van der Waals surface area contributed by atoms with Gasteiger partial charge in [-0.05, 0) is 69.0 Å². The van der Waals surface area contributed by atoms with Crippen molar-refractivity contribution in [1.29, 1.82) is 0 Å². The van der Waals surface area contributed by atoms with E-state index in [0.717, 1.165) is 30.5 Å². The summed E-state index contributed by atoms with van der Waals surface area (Å²) < 4.78 is 42.5. The average molecular weight is 492 g/mol. The number of nitrogens with one attached hydrogen (secondary N) is 1. The van der Waals surface area contributed by atoms with Crippen LogP contribution in [0, 0.1) is 0 Å². The number of aromatic nitrogens is 2. The minimum Gasteiger partial charge on any atom is -0.345 e. The molecule has 9 heteroatoms. The van der Waals surface area contributed by atoms with E-state index in [0.29, 0.717) is 16.3 Å². The topological polar surface area (TPSA) is 56.0 Å². The Morgan fingerprint density at radius 2 is 1.71 bits per heavy atom. The van der Waals surface area contributed by atoms with Crippen molar-refractivity contribution in [2.24, 2.45) is 0 Å². The molecule has 0 bridgehead atoms. The van der Waals surface area contributed by atoms with Crippen molar-refractivity contribution < 1.29 is 18.0 Å². The lowest BCUT2D eigenvalue weighted by atomic mass is 9.92. The van der Waals surface area contributed by atoms with Gasteiger partial charge in [0, 0.05) is 17.3 Å². The van der Waals surface area contributed by atoms with E-state index in [1.807, 2.05) is 12.1 Å². The van der Waals surface area contributed by atoms with Crippen molar-refractivity contribution in [2.75, 3.05) is 0 Å². The molecule has 1 saturated carbocycles. The lowest BCUT2D eigenvalue weighted by molar-refractivity contribution is -0.137. The molecule has 34 heavy (non-hydrogen) atoms. The molecule has 1 atom stereocenters. The van der Waals surface area contributed by atoms with Crippen LogP contribution in [0.4, 0.5) is 13.2 Å². The second-order valence-electron chi connectivity index (χ2n) is 9.18. The van der Waals surface area contributed by atoms with E-state index in [9.17, 15) is 22.8 Å². The van der Waals surface area contributed by atoms with Gasteiger partial charge in [-0.25, -0.2) is 4.79 Å². The smallest absolute Gasteiger partial charge is 0.345 e. The SMILES string of the molecule is CC(C(=O)NC(C)(C)c1cccc(C(F)(F)F)c1)n1cc(-c2ccc(Cl)cc2)n(C2CC2)c1=O. The van der Waals surface area contributed by atoms with Gasteiger partial charge in [0.05, 0.1) is 16.8 Å². The van der Waals surface area contributed by atoms with Crippen molar-refractivity contribution in [3.63, 3.8) is 0 Å². The van der Waals surface area contributed by atoms with Crippen LogP contribution in [-0.2, 0) is 16.5 Å². The van der Waals surface area contributed by atoms with Gasteiger partial charge >= 0.3 is 11.9 Å². The van der Waals surface area contributed by atoms with Gasteiger partial charge in [0.1, 0.15) is 6.04 Å². The van der Waals surface area contributed by atoms with Crippen LogP contribution >= 0.6 is 11.6 Å². The highest BCUT2D eigenvalue weighted by atomic mass is 35.5. The predicted molar refractivity (Wildman–Crippen MR) is 125 cm³/mol. The maximum absolute atomic E-state index is 13.2. The van der Waals surface area contributed by atoms with Gasteiger partial charge in [-0.2, -0.15) is 13.2 Å². The van der Waals surface area contributed by atoms with Gasteiger partial charge in [-0.15, -0.1) is 0 Å². The molecule has 180 valence electrons. The number of benzene rings is 2. The quantitative estimate of drug-likeness (QED) is 0.464. The number of carbonyl (C=O) groups is 1. The number of amides is 1. The minimum atomic E-state index is -4.49. The molecular weight excluding hydrogens is 467 g/mol. The Bertz CT molecular complexity index is 1270. The first-order valence-corrected chi connectivity index (χ1v) is 11.4. The molecule has 1 aliphatic rings. The summed E-state index contributed by atoms with van der Waals surface area (Å²) in [7, 11) is 0. The summed E-state index contributed by atoms with van der Waals surface area (Å²) in [5, 5.41) is 3.38. The third-order valence-corrected chi connectivity index (χ3v) is 6.40.